The van der Waals surface area contributed by atoms with Crippen molar-refractivity contribution in [3.63, 3.8) is 0 Å². The van der Waals surface area contributed by atoms with Crippen LogP contribution in [-0.2, 0) is 10.8 Å². The zero-order chi connectivity index (χ0) is 25.5. The highest BCUT2D eigenvalue weighted by atomic mass is 16.3. The van der Waals surface area contributed by atoms with Gasteiger partial charge in [-0.25, -0.2) is 0 Å². The van der Waals surface area contributed by atoms with Gasteiger partial charge in [0.25, 0.3) is 0 Å². The lowest BCUT2D eigenvalue weighted by Gasteiger charge is -2.28. The van der Waals surface area contributed by atoms with Crippen molar-refractivity contribution in [1.82, 2.24) is 9.97 Å². The number of pyridine rings is 2. The molecule has 4 rings (SSSR count). The number of hydrogen-bond acceptors (Lipinski definition) is 3. The van der Waals surface area contributed by atoms with E-state index < -0.39 is 0 Å². The molecule has 0 radical (unpaired) electrons. The topological polar surface area (TPSA) is 46.0 Å². The molecule has 35 heavy (non-hydrogen) atoms. The van der Waals surface area contributed by atoms with Crippen LogP contribution in [0.5, 0.6) is 5.75 Å². The van der Waals surface area contributed by atoms with Crippen molar-refractivity contribution in [2.45, 2.75) is 66.2 Å². The fraction of sp³-hybridized carbons (Fsp3) is 0.312. The predicted octanol–water partition coefficient (Wildman–Crippen LogP) is 8.40. The number of aryl methyl sites for hydroxylation is 2. The molecule has 0 unspecified atom stereocenters. The van der Waals surface area contributed by atoms with Crippen LogP contribution < -0.4 is 0 Å². The van der Waals surface area contributed by atoms with Crippen LogP contribution >= 0.6 is 0 Å². The Labute approximate surface area is 209 Å². The Morgan fingerprint density at radius 1 is 0.629 bits per heavy atom. The third-order valence-electron chi connectivity index (χ3n) is 6.61. The van der Waals surface area contributed by atoms with Crippen LogP contribution in [0.3, 0.4) is 0 Å². The van der Waals surface area contributed by atoms with E-state index in [0.717, 1.165) is 33.6 Å². The molecule has 0 saturated carbocycles. The van der Waals surface area contributed by atoms with Crippen molar-refractivity contribution in [3.8, 4) is 39.4 Å². The molecular weight excluding hydrogens is 428 g/mol. The third kappa shape index (κ3) is 5.00. The van der Waals surface area contributed by atoms with E-state index in [1.54, 1.807) is 6.20 Å². The monoisotopic (exact) mass is 464 g/mol. The van der Waals surface area contributed by atoms with Crippen molar-refractivity contribution >= 4 is 0 Å². The number of aromatic nitrogens is 2. The van der Waals surface area contributed by atoms with Crippen LogP contribution in [0.2, 0.25) is 0 Å². The molecule has 0 spiro atoms. The van der Waals surface area contributed by atoms with Crippen molar-refractivity contribution < 1.29 is 5.11 Å². The van der Waals surface area contributed by atoms with Gasteiger partial charge in [0.2, 0.25) is 0 Å². The molecule has 0 amide bonds. The van der Waals surface area contributed by atoms with Gasteiger partial charge < -0.3 is 5.11 Å². The normalized spacial score (nSPS) is 12.1. The second-order valence-electron chi connectivity index (χ2n) is 11.5. The molecule has 1 N–H and O–H groups in total. The first-order chi connectivity index (χ1) is 16.4. The van der Waals surface area contributed by atoms with Gasteiger partial charge in [-0.05, 0) is 82.8 Å². The van der Waals surface area contributed by atoms with E-state index in [0.29, 0.717) is 5.75 Å². The zero-order valence-corrected chi connectivity index (χ0v) is 22.2. The molecule has 180 valence electrons. The maximum atomic E-state index is 11.1. The molecule has 0 fully saturated rings. The summed E-state index contributed by atoms with van der Waals surface area (Å²) in [6.07, 6.45) is 3.72. The summed E-state index contributed by atoms with van der Waals surface area (Å²) < 4.78 is 0. The molecule has 3 nitrogen and oxygen atoms in total. The molecule has 0 aliphatic rings. The van der Waals surface area contributed by atoms with Crippen LogP contribution in [0.4, 0.5) is 0 Å². The minimum absolute atomic E-state index is 0.163. The fourth-order valence-corrected chi connectivity index (χ4v) is 4.59. The van der Waals surface area contributed by atoms with E-state index in [4.69, 9.17) is 0 Å². The Kier molecular flexibility index (Phi) is 6.31. The summed E-state index contributed by atoms with van der Waals surface area (Å²) in [4.78, 5) is 9.08. The van der Waals surface area contributed by atoms with E-state index in [1.807, 2.05) is 30.5 Å². The number of benzene rings is 2. The molecule has 3 heteroatoms. The Bertz CT molecular complexity index is 1320. The molecule has 2 aromatic carbocycles. The number of hydrogen-bond donors (Lipinski definition) is 1. The average Bonchev–Trinajstić information content (AvgIpc) is 2.80. The highest BCUT2D eigenvalue weighted by molar-refractivity contribution is 5.78. The van der Waals surface area contributed by atoms with Crippen LogP contribution in [0.25, 0.3) is 33.6 Å². The predicted molar refractivity (Wildman–Crippen MR) is 147 cm³/mol. The first-order valence-electron chi connectivity index (χ1n) is 12.2. The van der Waals surface area contributed by atoms with Gasteiger partial charge in [0, 0.05) is 29.1 Å². The van der Waals surface area contributed by atoms with Gasteiger partial charge in [0.1, 0.15) is 5.75 Å². The third-order valence-corrected chi connectivity index (χ3v) is 6.61. The molecule has 0 saturated heterocycles. The second kappa shape index (κ2) is 8.96. The molecule has 2 aromatic heterocycles. The molecular formula is C32H36N2O. The lowest BCUT2D eigenvalue weighted by atomic mass is 9.77. The van der Waals surface area contributed by atoms with E-state index in [9.17, 15) is 5.11 Å². The number of nitrogens with zero attached hydrogens (tertiary/aromatic N) is 2. The lowest BCUT2D eigenvalue weighted by Crippen LogP contribution is -2.17. The quantitative estimate of drug-likeness (QED) is 0.331. The van der Waals surface area contributed by atoms with Gasteiger partial charge in [-0.1, -0.05) is 65.8 Å². The van der Waals surface area contributed by atoms with Gasteiger partial charge >= 0.3 is 0 Å². The summed E-state index contributed by atoms with van der Waals surface area (Å²) in [6.45, 7) is 17.2. The molecule has 4 aromatic rings. The summed E-state index contributed by atoms with van der Waals surface area (Å²) >= 11 is 0. The van der Waals surface area contributed by atoms with Crippen molar-refractivity contribution in [1.29, 1.82) is 0 Å². The van der Waals surface area contributed by atoms with E-state index in [-0.39, 0.29) is 10.8 Å². The highest BCUT2D eigenvalue weighted by Crippen LogP contribution is 2.43. The number of aromatic hydroxyl groups is 1. The average molecular weight is 465 g/mol. The van der Waals surface area contributed by atoms with Crippen LogP contribution in [-0.4, -0.2) is 15.1 Å². The van der Waals surface area contributed by atoms with E-state index in [1.165, 1.54) is 22.3 Å². The summed E-state index contributed by atoms with van der Waals surface area (Å²) in [5, 5.41) is 11.1. The Morgan fingerprint density at radius 2 is 1.17 bits per heavy atom. The minimum Gasteiger partial charge on any atom is -0.507 e. The molecule has 0 atom stereocenters. The molecule has 0 aliphatic heterocycles. The molecule has 0 aliphatic carbocycles. The SMILES string of the molecule is Cc1cc(-c2cc(C(C)(C)C)c(O)c(C(C)(C)C)c2)c(C)cc1-c1ccc(-c2ccccn2)nc1. The summed E-state index contributed by atoms with van der Waals surface area (Å²) in [6, 6.07) is 18.9. The molecule has 0 bridgehead atoms. The largest absolute Gasteiger partial charge is 0.507 e. The zero-order valence-electron chi connectivity index (χ0n) is 22.2. The maximum absolute atomic E-state index is 11.1. The lowest BCUT2D eigenvalue weighted by molar-refractivity contribution is 0.423. The summed E-state index contributed by atoms with van der Waals surface area (Å²) in [5.41, 5.74) is 10.4. The Hall–Kier alpha value is -3.46. The molecule has 2 heterocycles. The van der Waals surface area contributed by atoms with Gasteiger partial charge in [-0.2, -0.15) is 0 Å². The number of rotatable bonds is 3. The van der Waals surface area contributed by atoms with E-state index >= 15 is 0 Å². The minimum atomic E-state index is -0.163. The summed E-state index contributed by atoms with van der Waals surface area (Å²) in [5.74, 6) is 0.416. The second-order valence-corrected chi connectivity index (χ2v) is 11.5. The highest BCUT2D eigenvalue weighted by Gasteiger charge is 2.27. The van der Waals surface area contributed by atoms with Crippen LogP contribution in [0.1, 0.15) is 63.8 Å². The van der Waals surface area contributed by atoms with Gasteiger partial charge in [0.05, 0.1) is 11.4 Å². The number of phenols is 1. The van der Waals surface area contributed by atoms with Gasteiger partial charge in [-0.15, -0.1) is 0 Å². The van der Waals surface area contributed by atoms with Crippen molar-refractivity contribution in [2.24, 2.45) is 0 Å². The van der Waals surface area contributed by atoms with Crippen molar-refractivity contribution in [3.05, 3.63) is 89.2 Å². The van der Waals surface area contributed by atoms with Gasteiger partial charge in [0.15, 0.2) is 0 Å². The summed E-state index contributed by atoms with van der Waals surface area (Å²) in [7, 11) is 0. The van der Waals surface area contributed by atoms with Crippen LogP contribution in [0.15, 0.2) is 67.0 Å². The van der Waals surface area contributed by atoms with E-state index in [2.05, 4.69) is 95.7 Å². The standard InChI is InChI=1S/C32H36N2O/c1-20-16-25(23-17-26(31(3,4)5)30(35)27(18-23)32(6,7)8)21(2)15-24(20)22-12-13-29(34-19-22)28-11-9-10-14-33-28/h9-19,35H,1-8H3. The first-order valence-corrected chi connectivity index (χ1v) is 12.2. The van der Waals surface area contributed by atoms with Gasteiger partial charge in [-0.3, -0.25) is 9.97 Å². The van der Waals surface area contributed by atoms with Crippen molar-refractivity contribution in [2.75, 3.05) is 0 Å². The first kappa shape index (κ1) is 24.7. The Balaban J connectivity index is 1.80. The maximum Gasteiger partial charge on any atom is 0.123 e. The number of phenolic OH excluding ortho intramolecular Hbond substituents is 1. The van der Waals surface area contributed by atoms with Crippen LogP contribution in [0, 0.1) is 13.8 Å². The Morgan fingerprint density at radius 3 is 1.63 bits per heavy atom. The smallest absolute Gasteiger partial charge is 0.123 e. The fourth-order valence-electron chi connectivity index (χ4n) is 4.59.